The molecule has 0 aliphatic carbocycles. The van der Waals surface area contributed by atoms with Crippen LogP contribution < -0.4 is 9.44 Å². The van der Waals surface area contributed by atoms with Crippen LogP contribution in [-0.2, 0) is 20.0 Å². The summed E-state index contributed by atoms with van der Waals surface area (Å²) in [6, 6.07) is 13.4. The van der Waals surface area contributed by atoms with E-state index in [0.717, 1.165) is 16.2 Å². The van der Waals surface area contributed by atoms with Gasteiger partial charge in [0.1, 0.15) is 5.58 Å². The summed E-state index contributed by atoms with van der Waals surface area (Å²) in [7, 11) is -6.93. The van der Waals surface area contributed by atoms with Crippen molar-refractivity contribution in [2.75, 3.05) is 0 Å². The maximum atomic E-state index is 12.1. The molecule has 0 aliphatic rings. The highest BCUT2D eigenvalue weighted by molar-refractivity contribution is 7.89. The van der Waals surface area contributed by atoms with E-state index in [1.54, 1.807) is 83.4 Å². The van der Waals surface area contributed by atoms with Gasteiger partial charge >= 0.3 is 0 Å². The lowest BCUT2D eigenvalue weighted by molar-refractivity contribution is 0.491. The smallest absolute Gasteiger partial charge is 0.241 e. The molecule has 0 spiro atoms. The second-order valence-corrected chi connectivity index (χ2v) is 12.5. The quantitative estimate of drug-likeness (QED) is 0.416. The van der Waals surface area contributed by atoms with E-state index in [-0.39, 0.29) is 15.8 Å². The molecule has 0 bridgehead atoms. The zero-order valence-corrected chi connectivity index (χ0v) is 21.4. The number of nitrogens with one attached hydrogen (secondary N) is 2. The Bertz CT molecular complexity index is 1500. The first-order valence-corrected chi connectivity index (χ1v) is 13.6. The summed E-state index contributed by atoms with van der Waals surface area (Å²) < 4.78 is 58.4. The Morgan fingerprint density at radius 3 is 2.12 bits per heavy atom. The van der Waals surface area contributed by atoms with Crippen molar-refractivity contribution in [2.45, 2.75) is 56.0 Å². The highest BCUT2D eigenvalue weighted by Gasteiger charge is 2.22. The van der Waals surface area contributed by atoms with Crippen molar-refractivity contribution in [3.05, 3.63) is 67.2 Å². The van der Waals surface area contributed by atoms with E-state index in [1.165, 1.54) is 12.3 Å². The third-order valence-corrected chi connectivity index (χ3v) is 7.90. The SMILES string of the molecule is CC(C)(C)NS(=O)(=O)c1ccc2ccoc2c1.CC(C)NS(=O)(=O)c1ccc2ccncc2c1. The summed E-state index contributed by atoms with van der Waals surface area (Å²) in [6.45, 7) is 8.99. The Hall–Kier alpha value is -2.79. The first-order chi connectivity index (χ1) is 15.8. The minimum absolute atomic E-state index is 0.121. The standard InChI is InChI=1S/C12H14N2O2S.C12H15NO3S/c1-9(2)14-17(15,16)12-4-3-10-5-6-13-8-11(10)7-12;1-12(2,3)13-17(14,15)10-5-4-9-6-7-16-11(9)8-10/h3-9,14H,1-2H3;4-8,13H,1-3H3. The lowest BCUT2D eigenvalue weighted by atomic mass is 10.1. The molecule has 0 radical (unpaired) electrons. The van der Waals surface area contributed by atoms with E-state index in [1.807, 2.05) is 6.07 Å². The van der Waals surface area contributed by atoms with Crippen LogP contribution in [0.25, 0.3) is 21.7 Å². The Kier molecular flexibility index (Phi) is 7.47. The second kappa shape index (κ2) is 9.83. The number of nitrogens with zero attached hydrogens (tertiary/aromatic N) is 1. The van der Waals surface area contributed by atoms with Gasteiger partial charge in [0.2, 0.25) is 20.0 Å². The van der Waals surface area contributed by atoms with Gasteiger partial charge in [-0.25, -0.2) is 26.3 Å². The fourth-order valence-corrected chi connectivity index (χ4v) is 5.89. The summed E-state index contributed by atoms with van der Waals surface area (Å²) in [6.07, 6.45) is 4.88. The van der Waals surface area contributed by atoms with Crippen LogP contribution in [0.3, 0.4) is 0 Å². The Morgan fingerprint density at radius 2 is 1.47 bits per heavy atom. The maximum Gasteiger partial charge on any atom is 0.241 e. The molecule has 2 aromatic heterocycles. The van der Waals surface area contributed by atoms with Gasteiger partial charge in [0.25, 0.3) is 0 Å². The average Bonchev–Trinajstić information content (AvgIpc) is 3.19. The maximum absolute atomic E-state index is 12.1. The largest absolute Gasteiger partial charge is 0.464 e. The van der Waals surface area contributed by atoms with Crippen LogP contribution in [0.2, 0.25) is 0 Å². The van der Waals surface area contributed by atoms with Gasteiger partial charge in [0, 0.05) is 40.8 Å². The van der Waals surface area contributed by atoms with Crippen LogP contribution in [-0.4, -0.2) is 33.4 Å². The molecule has 4 aromatic rings. The molecule has 2 heterocycles. The molecule has 182 valence electrons. The number of hydrogen-bond acceptors (Lipinski definition) is 6. The lowest BCUT2D eigenvalue weighted by Crippen LogP contribution is -2.40. The number of sulfonamides is 2. The highest BCUT2D eigenvalue weighted by Crippen LogP contribution is 2.21. The van der Waals surface area contributed by atoms with E-state index in [2.05, 4.69) is 14.4 Å². The van der Waals surface area contributed by atoms with Crippen LogP contribution in [0.4, 0.5) is 0 Å². The third kappa shape index (κ3) is 6.63. The van der Waals surface area contributed by atoms with Crippen LogP contribution in [0.1, 0.15) is 34.6 Å². The van der Waals surface area contributed by atoms with Gasteiger partial charge in [-0.2, -0.15) is 0 Å². The van der Waals surface area contributed by atoms with Gasteiger partial charge in [-0.05, 0) is 76.4 Å². The second-order valence-electron chi connectivity index (χ2n) is 9.14. The number of fused-ring (bicyclic) bond motifs is 2. The molecule has 0 saturated heterocycles. The van der Waals surface area contributed by atoms with Gasteiger partial charge in [0.15, 0.2) is 0 Å². The van der Waals surface area contributed by atoms with E-state index < -0.39 is 25.6 Å². The first kappa shape index (κ1) is 25.8. The predicted octanol–water partition coefficient (Wildman–Crippen LogP) is 4.43. The molecule has 34 heavy (non-hydrogen) atoms. The monoisotopic (exact) mass is 503 g/mol. The molecule has 0 amide bonds. The Labute approximate surface area is 200 Å². The zero-order valence-electron chi connectivity index (χ0n) is 19.7. The van der Waals surface area contributed by atoms with Gasteiger partial charge in [-0.3, -0.25) is 4.98 Å². The Balaban J connectivity index is 0.000000191. The topological polar surface area (TPSA) is 118 Å². The van der Waals surface area contributed by atoms with Crippen LogP contribution in [0.15, 0.2) is 81.4 Å². The molecular weight excluding hydrogens is 474 g/mol. The number of furan rings is 1. The van der Waals surface area contributed by atoms with Crippen molar-refractivity contribution in [1.82, 2.24) is 14.4 Å². The van der Waals surface area contributed by atoms with Crippen molar-refractivity contribution in [3.8, 4) is 0 Å². The molecule has 2 aromatic carbocycles. The van der Waals surface area contributed by atoms with Crippen molar-refractivity contribution < 1.29 is 21.3 Å². The zero-order chi connectivity index (χ0) is 25.1. The number of hydrogen-bond donors (Lipinski definition) is 2. The van der Waals surface area contributed by atoms with E-state index in [4.69, 9.17) is 4.42 Å². The van der Waals surface area contributed by atoms with E-state index >= 15 is 0 Å². The highest BCUT2D eigenvalue weighted by atomic mass is 32.2. The summed E-state index contributed by atoms with van der Waals surface area (Å²) in [5.74, 6) is 0. The van der Waals surface area contributed by atoms with Crippen LogP contribution in [0, 0.1) is 0 Å². The molecule has 2 N–H and O–H groups in total. The van der Waals surface area contributed by atoms with Gasteiger partial charge in [-0.15, -0.1) is 0 Å². The molecular formula is C24H29N3O5S2. The fourth-order valence-electron chi connectivity index (χ4n) is 3.17. The number of benzene rings is 2. The summed E-state index contributed by atoms with van der Waals surface area (Å²) in [5.41, 5.74) is 0.0681. The first-order valence-electron chi connectivity index (χ1n) is 10.6. The van der Waals surface area contributed by atoms with Crippen molar-refractivity contribution in [3.63, 3.8) is 0 Å². The fraction of sp³-hybridized carbons (Fsp3) is 0.292. The Morgan fingerprint density at radius 1 is 0.824 bits per heavy atom. The summed E-state index contributed by atoms with van der Waals surface area (Å²) in [5, 5.41) is 2.68. The van der Waals surface area contributed by atoms with Gasteiger partial charge in [0.05, 0.1) is 16.1 Å². The number of rotatable bonds is 5. The molecule has 4 rings (SSSR count). The number of aromatic nitrogens is 1. The minimum atomic E-state index is -3.50. The summed E-state index contributed by atoms with van der Waals surface area (Å²) in [4.78, 5) is 4.47. The molecule has 0 aliphatic heterocycles. The normalized spacial score (nSPS) is 12.6. The van der Waals surface area contributed by atoms with Crippen LogP contribution >= 0.6 is 0 Å². The van der Waals surface area contributed by atoms with E-state index in [0.29, 0.717) is 5.58 Å². The van der Waals surface area contributed by atoms with Crippen molar-refractivity contribution in [1.29, 1.82) is 0 Å². The predicted molar refractivity (Wildman–Crippen MR) is 133 cm³/mol. The molecule has 0 unspecified atom stereocenters. The van der Waals surface area contributed by atoms with Crippen molar-refractivity contribution >= 4 is 41.8 Å². The average molecular weight is 504 g/mol. The molecule has 0 fully saturated rings. The van der Waals surface area contributed by atoms with Gasteiger partial charge < -0.3 is 4.42 Å². The molecule has 8 nitrogen and oxygen atoms in total. The third-order valence-electron chi connectivity index (χ3n) is 4.49. The number of pyridine rings is 1. The molecule has 0 atom stereocenters. The molecule has 10 heteroatoms. The van der Waals surface area contributed by atoms with Crippen molar-refractivity contribution in [2.24, 2.45) is 0 Å². The lowest BCUT2D eigenvalue weighted by Gasteiger charge is -2.20. The minimum Gasteiger partial charge on any atom is -0.464 e. The van der Waals surface area contributed by atoms with E-state index in [9.17, 15) is 16.8 Å². The molecule has 0 saturated carbocycles. The van der Waals surface area contributed by atoms with Crippen LogP contribution in [0.5, 0.6) is 0 Å². The summed E-state index contributed by atoms with van der Waals surface area (Å²) >= 11 is 0. The van der Waals surface area contributed by atoms with Gasteiger partial charge in [-0.1, -0.05) is 6.07 Å².